The van der Waals surface area contributed by atoms with E-state index in [1.54, 1.807) is 6.08 Å². The number of aromatic nitrogens is 1. The van der Waals surface area contributed by atoms with Crippen LogP contribution in [0.4, 0.5) is 20.3 Å². The molecule has 4 nitrogen and oxygen atoms in total. The highest BCUT2D eigenvalue weighted by atomic mass is 35.5. The Balaban J connectivity index is 2.14. The van der Waals surface area contributed by atoms with Gasteiger partial charge in [-0.3, -0.25) is 4.79 Å². The predicted molar refractivity (Wildman–Crippen MR) is 77.3 cm³/mol. The number of carbonyl (C=O) groups is 1. The summed E-state index contributed by atoms with van der Waals surface area (Å²) in [5, 5.41) is 3.45. The van der Waals surface area contributed by atoms with Crippen molar-refractivity contribution in [3.63, 3.8) is 0 Å². The number of carbonyl (C=O) groups excluding carboxylic acids is 1. The second kappa shape index (κ2) is 4.89. The summed E-state index contributed by atoms with van der Waals surface area (Å²) in [7, 11) is 0. The van der Waals surface area contributed by atoms with Crippen LogP contribution >= 0.6 is 11.6 Å². The molecule has 7 heteroatoms. The molecule has 0 unspecified atom stereocenters. The van der Waals surface area contributed by atoms with Crippen LogP contribution in [0.3, 0.4) is 0 Å². The zero-order chi connectivity index (χ0) is 15.1. The minimum atomic E-state index is -1.06. The van der Waals surface area contributed by atoms with E-state index >= 15 is 0 Å². The number of rotatable bonds is 2. The molecule has 0 radical (unpaired) electrons. The summed E-state index contributed by atoms with van der Waals surface area (Å²) >= 11 is 5.92. The number of nitrogens with one attached hydrogen (secondary N) is 2. The average Bonchev–Trinajstić information content (AvgIpc) is 2.86. The molecule has 0 saturated heterocycles. The number of nitrogen functional groups attached to an aromatic ring is 1. The van der Waals surface area contributed by atoms with E-state index in [1.165, 1.54) is 6.20 Å². The van der Waals surface area contributed by atoms with Crippen LogP contribution in [0.1, 0.15) is 21.5 Å². The molecular weight excluding hydrogens is 300 g/mol. The SMILES string of the molecule is Nc1ccc(F)c(C(=O)c2c[nH]c3c2C=C(Cl)CN3)c1F. The number of anilines is 2. The standard InChI is InChI=1S/C14H10ClF2N3O/c15-6-3-7-8(5-20-14(7)19-4-6)13(21)11-9(16)1-2-10(18)12(11)17/h1-3,5,19-20H,4,18H2. The number of hydrogen-bond donors (Lipinski definition) is 3. The van der Waals surface area contributed by atoms with Crippen molar-refractivity contribution in [1.82, 2.24) is 4.98 Å². The Hall–Kier alpha value is -2.34. The first kappa shape index (κ1) is 13.6. The summed E-state index contributed by atoms with van der Waals surface area (Å²) in [5.41, 5.74) is 5.03. The van der Waals surface area contributed by atoms with Crippen molar-refractivity contribution in [2.24, 2.45) is 0 Å². The van der Waals surface area contributed by atoms with Gasteiger partial charge in [0.05, 0.1) is 17.8 Å². The Bertz CT molecular complexity index is 783. The number of nitrogens with two attached hydrogens (primary N) is 1. The highest BCUT2D eigenvalue weighted by Gasteiger charge is 2.26. The number of ketones is 1. The molecule has 0 atom stereocenters. The first-order chi connectivity index (χ1) is 9.99. The lowest BCUT2D eigenvalue weighted by atomic mass is 9.99. The zero-order valence-corrected chi connectivity index (χ0v) is 11.4. The van der Waals surface area contributed by atoms with Crippen LogP contribution in [-0.2, 0) is 0 Å². The van der Waals surface area contributed by atoms with Gasteiger partial charge in [-0.2, -0.15) is 0 Å². The zero-order valence-electron chi connectivity index (χ0n) is 10.6. The number of halogens is 3. The summed E-state index contributed by atoms with van der Waals surface area (Å²) in [5.74, 6) is -2.24. The van der Waals surface area contributed by atoms with Crippen molar-refractivity contribution < 1.29 is 13.6 Å². The maximum atomic E-state index is 14.0. The molecule has 21 heavy (non-hydrogen) atoms. The van der Waals surface area contributed by atoms with Gasteiger partial charge in [-0.05, 0) is 18.2 Å². The van der Waals surface area contributed by atoms with Crippen molar-refractivity contribution in [3.05, 3.63) is 51.7 Å². The molecule has 0 fully saturated rings. The van der Waals surface area contributed by atoms with E-state index in [2.05, 4.69) is 10.3 Å². The Kier molecular flexibility index (Phi) is 3.17. The van der Waals surface area contributed by atoms with Crippen molar-refractivity contribution in [2.45, 2.75) is 0 Å². The van der Waals surface area contributed by atoms with Crippen LogP contribution in [0.5, 0.6) is 0 Å². The van der Waals surface area contributed by atoms with Crippen LogP contribution in [0, 0.1) is 11.6 Å². The third-order valence-corrected chi connectivity index (χ3v) is 3.49. The fourth-order valence-electron chi connectivity index (χ4n) is 2.21. The quantitative estimate of drug-likeness (QED) is 0.589. The van der Waals surface area contributed by atoms with E-state index in [-0.39, 0.29) is 11.3 Å². The fraction of sp³-hybridized carbons (Fsp3) is 0.0714. The van der Waals surface area contributed by atoms with Crippen LogP contribution < -0.4 is 11.1 Å². The van der Waals surface area contributed by atoms with Gasteiger partial charge >= 0.3 is 0 Å². The molecule has 1 aromatic carbocycles. The average molecular weight is 310 g/mol. The molecule has 108 valence electrons. The van der Waals surface area contributed by atoms with E-state index in [9.17, 15) is 13.6 Å². The Labute approximate surface area is 123 Å². The van der Waals surface area contributed by atoms with Gasteiger partial charge in [0.2, 0.25) is 5.78 Å². The van der Waals surface area contributed by atoms with Crippen LogP contribution in [0.25, 0.3) is 6.08 Å². The minimum Gasteiger partial charge on any atom is -0.396 e. The maximum absolute atomic E-state index is 14.0. The monoisotopic (exact) mass is 309 g/mol. The summed E-state index contributed by atoms with van der Waals surface area (Å²) in [4.78, 5) is 15.3. The van der Waals surface area contributed by atoms with E-state index in [1.807, 2.05) is 0 Å². The van der Waals surface area contributed by atoms with Gasteiger partial charge in [-0.15, -0.1) is 0 Å². The van der Waals surface area contributed by atoms with Crippen molar-refractivity contribution in [1.29, 1.82) is 0 Å². The van der Waals surface area contributed by atoms with Crippen LogP contribution in [0.2, 0.25) is 0 Å². The van der Waals surface area contributed by atoms with Gasteiger partial charge < -0.3 is 16.0 Å². The summed E-state index contributed by atoms with van der Waals surface area (Å²) in [6.07, 6.45) is 2.97. The first-order valence-electron chi connectivity index (χ1n) is 6.08. The van der Waals surface area contributed by atoms with Gasteiger partial charge in [0, 0.05) is 22.4 Å². The topological polar surface area (TPSA) is 70.9 Å². The molecule has 0 amide bonds. The van der Waals surface area contributed by atoms with Gasteiger partial charge in [0.1, 0.15) is 11.6 Å². The van der Waals surface area contributed by atoms with Gasteiger partial charge in [0.25, 0.3) is 0 Å². The molecule has 0 aliphatic carbocycles. The molecule has 3 rings (SSSR count). The lowest BCUT2D eigenvalue weighted by Gasteiger charge is -2.12. The van der Waals surface area contributed by atoms with Crippen molar-refractivity contribution in [2.75, 3.05) is 17.6 Å². The first-order valence-corrected chi connectivity index (χ1v) is 6.46. The van der Waals surface area contributed by atoms with Crippen molar-refractivity contribution in [3.8, 4) is 0 Å². The Morgan fingerprint density at radius 3 is 2.86 bits per heavy atom. The number of aromatic amines is 1. The molecular formula is C14H10ClF2N3O. The molecule has 0 spiro atoms. The normalized spacial score (nSPS) is 13.4. The summed E-state index contributed by atoms with van der Waals surface area (Å²) in [6, 6.07) is 2.04. The third-order valence-electron chi connectivity index (χ3n) is 3.25. The number of hydrogen-bond acceptors (Lipinski definition) is 3. The molecule has 2 heterocycles. The fourth-order valence-corrected chi connectivity index (χ4v) is 2.39. The predicted octanol–water partition coefficient (Wildman–Crippen LogP) is 3.11. The second-order valence-corrected chi connectivity index (χ2v) is 5.08. The third kappa shape index (κ3) is 2.17. The molecule has 1 aliphatic heterocycles. The smallest absolute Gasteiger partial charge is 0.201 e. The van der Waals surface area contributed by atoms with E-state index in [0.29, 0.717) is 23.0 Å². The minimum absolute atomic E-state index is 0.124. The summed E-state index contributed by atoms with van der Waals surface area (Å²) in [6.45, 7) is 0.420. The van der Waals surface area contributed by atoms with E-state index < -0.39 is 23.0 Å². The Morgan fingerprint density at radius 2 is 2.10 bits per heavy atom. The largest absolute Gasteiger partial charge is 0.396 e. The van der Waals surface area contributed by atoms with E-state index in [0.717, 1.165) is 12.1 Å². The lowest BCUT2D eigenvalue weighted by molar-refractivity contribution is 0.103. The van der Waals surface area contributed by atoms with Crippen LogP contribution in [0.15, 0.2) is 23.4 Å². The number of fused-ring (bicyclic) bond motifs is 1. The second-order valence-electron chi connectivity index (χ2n) is 4.59. The van der Waals surface area contributed by atoms with Gasteiger partial charge in [-0.25, -0.2) is 8.78 Å². The number of benzene rings is 1. The molecule has 1 aliphatic rings. The highest BCUT2D eigenvalue weighted by Crippen LogP contribution is 2.30. The Morgan fingerprint density at radius 1 is 1.33 bits per heavy atom. The molecule has 4 N–H and O–H groups in total. The summed E-state index contributed by atoms with van der Waals surface area (Å²) < 4.78 is 27.8. The molecule has 0 saturated carbocycles. The highest BCUT2D eigenvalue weighted by molar-refractivity contribution is 6.32. The van der Waals surface area contributed by atoms with Gasteiger partial charge in [0.15, 0.2) is 5.82 Å². The number of H-pyrrole nitrogens is 1. The molecule has 2 aromatic rings. The molecule has 0 bridgehead atoms. The van der Waals surface area contributed by atoms with E-state index in [4.69, 9.17) is 17.3 Å². The molecule has 1 aromatic heterocycles. The van der Waals surface area contributed by atoms with Crippen molar-refractivity contribution >= 4 is 35.0 Å². The maximum Gasteiger partial charge on any atom is 0.201 e. The van der Waals surface area contributed by atoms with Crippen LogP contribution in [-0.4, -0.2) is 17.3 Å². The lowest BCUT2D eigenvalue weighted by Crippen LogP contribution is -2.12. The van der Waals surface area contributed by atoms with Gasteiger partial charge in [-0.1, -0.05) is 11.6 Å².